The highest BCUT2D eigenvalue weighted by Gasteiger charge is 2.12. The van der Waals surface area contributed by atoms with Crippen LogP contribution in [0.15, 0.2) is 46.1 Å². The lowest BCUT2D eigenvalue weighted by atomic mass is 10.1. The summed E-state index contributed by atoms with van der Waals surface area (Å²) in [6.07, 6.45) is 1.28. The molecule has 1 aromatic carbocycles. The second-order valence-corrected chi connectivity index (χ2v) is 5.25. The van der Waals surface area contributed by atoms with Crippen LogP contribution in [-0.2, 0) is 4.79 Å². The van der Waals surface area contributed by atoms with Crippen LogP contribution in [0.25, 0.3) is 0 Å². The largest absolute Gasteiger partial charge is 0.459 e. The Morgan fingerprint density at radius 1 is 1.32 bits per heavy atom. The van der Waals surface area contributed by atoms with Gasteiger partial charge in [0.25, 0.3) is 5.69 Å². The van der Waals surface area contributed by atoms with Crippen molar-refractivity contribution >= 4 is 28.9 Å². The summed E-state index contributed by atoms with van der Waals surface area (Å²) in [6, 6.07) is 7.26. The molecule has 130 valence electrons. The van der Waals surface area contributed by atoms with Crippen molar-refractivity contribution in [1.82, 2.24) is 5.43 Å². The molecule has 0 fully saturated rings. The lowest BCUT2D eigenvalue weighted by Gasteiger charge is -2.08. The molecule has 0 bridgehead atoms. The van der Waals surface area contributed by atoms with E-state index in [9.17, 15) is 19.7 Å². The first-order valence-electron chi connectivity index (χ1n) is 7.28. The molecule has 0 aliphatic rings. The molecule has 1 aromatic heterocycles. The Balaban J connectivity index is 1.95. The van der Waals surface area contributed by atoms with Crippen LogP contribution in [0, 0.1) is 17.0 Å². The summed E-state index contributed by atoms with van der Waals surface area (Å²) in [5.74, 6) is -0.829. The second kappa shape index (κ2) is 7.86. The summed E-state index contributed by atoms with van der Waals surface area (Å²) in [5, 5.41) is 17.2. The van der Waals surface area contributed by atoms with Gasteiger partial charge in [-0.3, -0.25) is 19.7 Å². The third-order valence-corrected chi connectivity index (χ3v) is 3.22. The average molecular weight is 344 g/mol. The number of hydrazone groups is 1. The van der Waals surface area contributed by atoms with Gasteiger partial charge in [-0.15, -0.1) is 0 Å². The summed E-state index contributed by atoms with van der Waals surface area (Å²) in [5.41, 5.74) is 3.57. The summed E-state index contributed by atoms with van der Waals surface area (Å²) >= 11 is 0. The van der Waals surface area contributed by atoms with Crippen molar-refractivity contribution in [2.75, 3.05) is 5.32 Å². The van der Waals surface area contributed by atoms with Crippen molar-refractivity contribution in [3.8, 4) is 0 Å². The van der Waals surface area contributed by atoms with Gasteiger partial charge in [-0.2, -0.15) is 5.10 Å². The minimum atomic E-state index is -0.536. The maximum atomic E-state index is 12.0. The van der Waals surface area contributed by atoms with Crippen LogP contribution in [0.3, 0.4) is 0 Å². The van der Waals surface area contributed by atoms with Crippen LogP contribution < -0.4 is 10.7 Å². The Labute approximate surface area is 142 Å². The first-order valence-corrected chi connectivity index (χ1v) is 7.28. The molecule has 0 radical (unpaired) electrons. The Morgan fingerprint density at radius 2 is 2.08 bits per heavy atom. The number of hydrogen-bond donors (Lipinski definition) is 2. The van der Waals surface area contributed by atoms with Crippen molar-refractivity contribution < 1.29 is 18.9 Å². The maximum absolute atomic E-state index is 12.0. The van der Waals surface area contributed by atoms with E-state index in [1.54, 1.807) is 26.0 Å². The van der Waals surface area contributed by atoms with Crippen molar-refractivity contribution in [1.29, 1.82) is 0 Å². The summed E-state index contributed by atoms with van der Waals surface area (Å²) in [4.78, 5) is 34.0. The van der Waals surface area contributed by atoms with E-state index in [0.717, 1.165) is 0 Å². The minimum absolute atomic E-state index is 0.0828. The molecule has 0 atom stereocenters. The first-order chi connectivity index (χ1) is 11.9. The zero-order chi connectivity index (χ0) is 18.4. The number of anilines is 1. The lowest BCUT2D eigenvalue weighted by molar-refractivity contribution is -0.384. The number of carbonyl (C=O) groups is 2. The number of nitro groups is 1. The van der Waals surface area contributed by atoms with E-state index in [4.69, 9.17) is 4.42 Å². The zero-order valence-corrected chi connectivity index (χ0v) is 13.6. The number of hydrogen-bond acceptors (Lipinski definition) is 6. The quantitative estimate of drug-likeness (QED) is 0.473. The third kappa shape index (κ3) is 4.99. The van der Waals surface area contributed by atoms with E-state index in [2.05, 4.69) is 15.8 Å². The number of benzene rings is 1. The fourth-order valence-corrected chi connectivity index (χ4v) is 1.93. The summed E-state index contributed by atoms with van der Waals surface area (Å²) < 4.78 is 4.92. The third-order valence-electron chi connectivity index (χ3n) is 3.22. The number of nitro benzene ring substituents is 1. The smallest absolute Gasteiger partial charge is 0.307 e. The number of rotatable bonds is 6. The van der Waals surface area contributed by atoms with E-state index < -0.39 is 16.7 Å². The number of non-ortho nitro benzene ring substituents is 1. The fraction of sp³-hybridized carbons (Fsp3) is 0.188. The second-order valence-electron chi connectivity index (χ2n) is 5.25. The van der Waals surface area contributed by atoms with Crippen molar-refractivity contribution in [2.24, 2.45) is 5.10 Å². The normalized spacial score (nSPS) is 11.0. The van der Waals surface area contributed by atoms with E-state index in [1.807, 2.05) is 0 Å². The molecule has 2 rings (SSSR count). The van der Waals surface area contributed by atoms with E-state index >= 15 is 0 Å². The van der Waals surface area contributed by atoms with Gasteiger partial charge in [-0.05, 0) is 31.5 Å². The van der Waals surface area contributed by atoms with E-state index in [-0.39, 0.29) is 17.9 Å². The number of nitrogens with one attached hydrogen (secondary N) is 2. The molecule has 9 heteroatoms. The minimum Gasteiger partial charge on any atom is -0.459 e. The van der Waals surface area contributed by atoms with Gasteiger partial charge in [0.1, 0.15) is 0 Å². The van der Waals surface area contributed by atoms with Gasteiger partial charge in [0.2, 0.25) is 5.91 Å². The molecule has 0 spiro atoms. The molecule has 2 amide bonds. The van der Waals surface area contributed by atoms with Gasteiger partial charge in [0.15, 0.2) is 5.76 Å². The molecule has 0 unspecified atom stereocenters. The molecule has 25 heavy (non-hydrogen) atoms. The predicted molar refractivity (Wildman–Crippen MR) is 90.4 cm³/mol. The highest BCUT2D eigenvalue weighted by molar-refractivity contribution is 6.06. The molecule has 2 aromatic rings. The molecule has 0 saturated carbocycles. The van der Waals surface area contributed by atoms with Gasteiger partial charge >= 0.3 is 5.91 Å². The molecule has 0 aliphatic heterocycles. The number of carbonyl (C=O) groups excluding carboxylic acids is 2. The van der Waals surface area contributed by atoms with Gasteiger partial charge in [0, 0.05) is 17.8 Å². The molecular formula is C16H16N4O5. The van der Waals surface area contributed by atoms with Gasteiger partial charge in [-0.25, -0.2) is 5.43 Å². The van der Waals surface area contributed by atoms with Gasteiger partial charge in [-0.1, -0.05) is 6.07 Å². The van der Waals surface area contributed by atoms with Gasteiger partial charge in [0.05, 0.1) is 23.3 Å². The average Bonchev–Trinajstić information content (AvgIpc) is 3.09. The Hall–Kier alpha value is -3.49. The standard InChI is InChI=1S/C16H16N4O5/c1-10-5-6-12(20(23)24)9-13(10)17-15(21)8-11(2)18-19-16(22)14-4-3-7-25-14/h3-7,9H,8H2,1-2H3,(H,17,21)(H,19,22)/b18-11+. The Bertz CT molecular complexity index is 827. The highest BCUT2D eigenvalue weighted by Crippen LogP contribution is 2.21. The van der Waals surface area contributed by atoms with Crippen molar-refractivity contribution in [2.45, 2.75) is 20.3 Å². The van der Waals surface area contributed by atoms with Crippen molar-refractivity contribution in [3.05, 3.63) is 58.0 Å². The predicted octanol–water partition coefficient (Wildman–Crippen LogP) is 2.63. The highest BCUT2D eigenvalue weighted by atomic mass is 16.6. The fourth-order valence-electron chi connectivity index (χ4n) is 1.93. The van der Waals surface area contributed by atoms with Crippen LogP contribution >= 0.6 is 0 Å². The number of nitrogens with zero attached hydrogens (tertiary/aromatic N) is 2. The molecule has 1 heterocycles. The summed E-state index contributed by atoms with van der Waals surface area (Å²) in [6.45, 7) is 3.30. The number of amides is 2. The van der Waals surface area contributed by atoms with Crippen molar-refractivity contribution in [3.63, 3.8) is 0 Å². The lowest BCUT2D eigenvalue weighted by Crippen LogP contribution is -2.21. The maximum Gasteiger partial charge on any atom is 0.307 e. The Kier molecular flexibility index (Phi) is 5.62. The topological polar surface area (TPSA) is 127 Å². The SMILES string of the molecule is C/C(CC(=O)Nc1cc([N+](=O)[O-])ccc1C)=N\NC(=O)c1ccco1. The molecule has 0 saturated heterocycles. The van der Waals surface area contributed by atoms with Crippen LogP contribution in [0.4, 0.5) is 11.4 Å². The van der Waals surface area contributed by atoms with Crippen LogP contribution in [0.1, 0.15) is 29.5 Å². The zero-order valence-electron chi connectivity index (χ0n) is 13.6. The molecule has 2 N–H and O–H groups in total. The molecule has 0 aliphatic carbocycles. The van der Waals surface area contributed by atoms with Crippen LogP contribution in [0.5, 0.6) is 0 Å². The number of furan rings is 1. The van der Waals surface area contributed by atoms with Gasteiger partial charge < -0.3 is 9.73 Å². The first kappa shape index (κ1) is 17.9. The van der Waals surface area contributed by atoms with E-state index in [0.29, 0.717) is 17.0 Å². The monoisotopic (exact) mass is 344 g/mol. The molecular weight excluding hydrogens is 328 g/mol. The van der Waals surface area contributed by atoms with Crippen LogP contribution in [0.2, 0.25) is 0 Å². The molecule has 9 nitrogen and oxygen atoms in total. The van der Waals surface area contributed by atoms with E-state index in [1.165, 1.54) is 24.5 Å². The van der Waals surface area contributed by atoms with Crippen LogP contribution in [-0.4, -0.2) is 22.4 Å². The Morgan fingerprint density at radius 3 is 2.72 bits per heavy atom. The number of aryl methyl sites for hydroxylation is 1. The summed E-state index contributed by atoms with van der Waals surface area (Å²) in [7, 11) is 0.